The highest BCUT2D eigenvalue weighted by Crippen LogP contribution is 2.63. The molecule has 0 saturated heterocycles. The average Bonchev–Trinajstić information content (AvgIpc) is 2.78. The van der Waals surface area contributed by atoms with E-state index in [4.69, 9.17) is 4.74 Å². The van der Waals surface area contributed by atoms with E-state index >= 15 is 0 Å². The summed E-state index contributed by atoms with van der Waals surface area (Å²) in [5.74, 6) is 3.50. The minimum absolute atomic E-state index is 0.0887. The number of hydrogen-bond acceptors (Lipinski definition) is 3. The van der Waals surface area contributed by atoms with Crippen LogP contribution in [0.3, 0.4) is 0 Å². The highest BCUT2D eigenvalue weighted by Gasteiger charge is 2.59. The predicted octanol–water partition coefficient (Wildman–Crippen LogP) is 4.31. The summed E-state index contributed by atoms with van der Waals surface area (Å²) in [6.45, 7) is 6.19. The molecule has 7 atom stereocenters. The van der Waals surface area contributed by atoms with Crippen molar-refractivity contribution in [3.63, 3.8) is 0 Å². The second-order valence-electron chi connectivity index (χ2n) is 9.09. The number of carbonyl (C=O) groups is 2. The van der Waals surface area contributed by atoms with Gasteiger partial charge in [-0.05, 0) is 74.2 Å². The molecule has 0 amide bonds. The Bertz CT molecular complexity index is 592. The van der Waals surface area contributed by atoms with Gasteiger partial charge in [-0.25, -0.2) is 0 Å². The average molecular weight is 330 g/mol. The van der Waals surface area contributed by atoms with E-state index in [1.54, 1.807) is 6.92 Å². The quantitative estimate of drug-likeness (QED) is 0.673. The van der Waals surface area contributed by atoms with Crippen molar-refractivity contribution in [3.8, 4) is 0 Å². The van der Waals surface area contributed by atoms with E-state index in [0.717, 1.165) is 31.1 Å². The predicted molar refractivity (Wildman–Crippen MR) is 92.2 cm³/mol. The molecule has 0 aromatic rings. The molecule has 0 aromatic heterocycles. The molecule has 4 aliphatic carbocycles. The van der Waals surface area contributed by atoms with Crippen LogP contribution < -0.4 is 0 Å². The monoisotopic (exact) mass is 330 g/mol. The molecule has 4 rings (SSSR count). The van der Waals surface area contributed by atoms with Gasteiger partial charge in [0.15, 0.2) is 5.78 Å². The summed E-state index contributed by atoms with van der Waals surface area (Å²) in [7, 11) is 0. The normalized spacial score (nSPS) is 47.3. The van der Waals surface area contributed by atoms with E-state index in [1.807, 2.05) is 6.08 Å². The zero-order valence-corrected chi connectivity index (χ0v) is 15.2. The minimum atomic E-state index is -0.129. The first-order chi connectivity index (χ1) is 11.4. The molecule has 0 radical (unpaired) electrons. The maximum absolute atomic E-state index is 11.8. The van der Waals surface area contributed by atoms with E-state index in [2.05, 4.69) is 13.8 Å². The molecule has 24 heavy (non-hydrogen) atoms. The minimum Gasteiger partial charge on any atom is -0.462 e. The summed E-state index contributed by atoms with van der Waals surface area (Å²) in [6.07, 6.45) is 9.79. The van der Waals surface area contributed by atoms with E-state index in [0.29, 0.717) is 23.5 Å². The van der Waals surface area contributed by atoms with Crippen LogP contribution in [0.5, 0.6) is 0 Å². The first kappa shape index (κ1) is 16.4. The Morgan fingerprint density at radius 2 is 2.00 bits per heavy atom. The fourth-order valence-electron chi connectivity index (χ4n) is 6.93. The van der Waals surface area contributed by atoms with E-state index in [-0.39, 0.29) is 17.5 Å². The van der Waals surface area contributed by atoms with Crippen molar-refractivity contribution in [2.75, 3.05) is 0 Å². The summed E-state index contributed by atoms with van der Waals surface area (Å²) < 4.78 is 5.80. The lowest BCUT2D eigenvalue weighted by atomic mass is 9.52. The van der Waals surface area contributed by atoms with Crippen molar-refractivity contribution in [2.45, 2.75) is 71.8 Å². The molecular weight excluding hydrogens is 300 g/mol. The first-order valence-electron chi connectivity index (χ1n) is 9.80. The lowest BCUT2D eigenvalue weighted by Gasteiger charge is -2.53. The summed E-state index contributed by atoms with van der Waals surface area (Å²) in [4.78, 5) is 23.4. The third-order valence-corrected chi connectivity index (χ3v) is 7.82. The summed E-state index contributed by atoms with van der Waals surface area (Å²) in [6, 6.07) is 0. The molecule has 3 heteroatoms. The number of esters is 1. The SMILES string of the molecule is CC(=O)O[C@@H]1[C@@H](C)C[C@H]2[C@@H]3CCC4=CC(=O)CCC4[C@H]3CC[C@]12C. The van der Waals surface area contributed by atoms with Crippen molar-refractivity contribution in [3.05, 3.63) is 11.6 Å². The van der Waals surface area contributed by atoms with Crippen molar-refractivity contribution in [2.24, 2.45) is 35.0 Å². The zero-order valence-electron chi connectivity index (χ0n) is 15.2. The zero-order chi connectivity index (χ0) is 17.1. The molecule has 0 N–H and O–H groups in total. The van der Waals surface area contributed by atoms with E-state index in [9.17, 15) is 9.59 Å². The van der Waals surface area contributed by atoms with Crippen LogP contribution in [0.4, 0.5) is 0 Å². The Kier molecular flexibility index (Phi) is 3.89. The topological polar surface area (TPSA) is 43.4 Å². The van der Waals surface area contributed by atoms with E-state index in [1.165, 1.54) is 31.3 Å². The second kappa shape index (κ2) is 5.71. The van der Waals surface area contributed by atoms with Crippen molar-refractivity contribution in [1.29, 1.82) is 0 Å². The number of fused-ring (bicyclic) bond motifs is 5. The summed E-state index contributed by atoms with van der Waals surface area (Å²) in [5.41, 5.74) is 1.59. The molecular formula is C21H30O3. The molecule has 3 fully saturated rings. The van der Waals surface area contributed by atoms with Crippen LogP contribution in [0.15, 0.2) is 11.6 Å². The molecule has 0 aliphatic heterocycles. The summed E-state index contributed by atoms with van der Waals surface area (Å²) >= 11 is 0. The van der Waals surface area contributed by atoms with Gasteiger partial charge in [0, 0.05) is 18.8 Å². The maximum atomic E-state index is 11.8. The Morgan fingerprint density at radius 1 is 1.21 bits per heavy atom. The van der Waals surface area contributed by atoms with Crippen LogP contribution in [0.1, 0.15) is 65.7 Å². The number of ether oxygens (including phenoxy) is 1. The molecule has 0 bridgehead atoms. The van der Waals surface area contributed by atoms with Crippen LogP contribution in [-0.4, -0.2) is 17.9 Å². The van der Waals surface area contributed by atoms with Crippen LogP contribution in [0, 0.1) is 35.0 Å². The standard InChI is InChI=1S/C21H30O3/c1-12-10-19-18-6-4-14-11-15(23)5-7-16(14)17(18)8-9-21(19,3)20(12)24-13(2)22/h11-12,16-20H,4-10H2,1-3H3/t12-,16?,17+,18+,19-,20+,21-/m0/s1. The molecule has 4 aliphatic rings. The number of carbonyl (C=O) groups excluding carboxylic acids is 2. The van der Waals surface area contributed by atoms with Gasteiger partial charge in [0.05, 0.1) is 0 Å². The van der Waals surface area contributed by atoms with Gasteiger partial charge in [-0.2, -0.15) is 0 Å². The van der Waals surface area contributed by atoms with Gasteiger partial charge in [0.25, 0.3) is 0 Å². The Balaban J connectivity index is 1.60. The first-order valence-corrected chi connectivity index (χ1v) is 9.80. The van der Waals surface area contributed by atoms with Gasteiger partial charge in [-0.1, -0.05) is 19.4 Å². The van der Waals surface area contributed by atoms with Crippen LogP contribution >= 0.6 is 0 Å². The smallest absolute Gasteiger partial charge is 0.302 e. The fourth-order valence-corrected chi connectivity index (χ4v) is 6.93. The van der Waals surface area contributed by atoms with Crippen molar-refractivity contribution < 1.29 is 14.3 Å². The number of allylic oxidation sites excluding steroid dienone is 1. The van der Waals surface area contributed by atoms with E-state index < -0.39 is 0 Å². The third-order valence-electron chi connectivity index (χ3n) is 7.82. The largest absolute Gasteiger partial charge is 0.462 e. The number of rotatable bonds is 1. The molecule has 1 unspecified atom stereocenters. The molecule has 0 aromatic carbocycles. The van der Waals surface area contributed by atoms with Crippen molar-refractivity contribution in [1.82, 2.24) is 0 Å². The van der Waals surface area contributed by atoms with Crippen LogP contribution in [0.25, 0.3) is 0 Å². The fraction of sp³-hybridized carbons (Fsp3) is 0.810. The lowest BCUT2D eigenvalue weighted by Crippen LogP contribution is -2.48. The lowest BCUT2D eigenvalue weighted by molar-refractivity contribution is -0.158. The van der Waals surface area contributed by atoms with Gasteiger partial charge in [-0.15, -0.1) is 0 Å². The number of hydrogen-bond donors (Lipinski definition) is 0. The number of ketones is 1. The van der Waals surface area contributed by atoms with Gasteiger partial charge < -0.3 is 4.74 Å². The Morgan fingerprint density at radius 3 is 2.75 bits per heavy atom. The van der Waals surface area contributed by atoms with Gasteiger partial charge in [-0.3, -0.25) is 9.59 Å². The van der Waals surface area contributed by atoms with Gasteiger partial charge in [0.1, 0.15) is 6.10 Å². The van der Waals surface area contributed by atoms with Crippen LogP contribution in [0.2, 0.25) is 0 Å². The molecule has 0 spiro atoms. The highest BCUT2D eigenvalue weighted by atomic mass is 16.5. The molecule has 0 heterocycles. The Hall–Kier alpha value is -1.12. The molecule has 3 nitrogen and oxygen atoms in total. The third kappa shape index (κ3) is 2.38. The Labute approximate surface area is 145 Å². The van der Waals surface area contributed by atoms with Crippen LogP contribution in [-0.2, 0) is 14.3 Å². The molecule has 3 saturated carbocycles. The van der Waals surface area contributed by atoms with Crippen molar-refractivity contribution >= 4 is 11.8 Å². The highest BCUT2D eigenvalue weighted by molar-refractivity contribution is 5.91. The van der Waals surface area contributed by atoms with Gasteiger partial charge in [0.2, 0.25) is 0 Å². The van der Waals surface area contributed by atoms with Gasteiger partial charge >= 0.3 is 5.97 Å². The maximum Gasteiger partial charge on any atom is 0.302 e. The molecule has 132 valence electrons. The second-order valence-corrected chi connectivity index (χ2v) is 9.09. The summed E-state index contributed by atoms with van der Waals surface area (Å²) in [5, 5.41) is 0.